The summed E-state index contributed by atoms with van der Waals surface area (Å²) in [6, 6.07) is 3.67. The van der Waals surface area contributed by atoms with Crippen molar-refractivity contribution < 1.29 is 4.79 Å². The van der Waals surface area contributed by atoms with Gasteiger partial charge >= 0.3 is 0 Å². The van der Waals surface area contributed by atoms with Crippen LogP contribution in [0.1, 0.15) is 24.0 Å². The highest BCUT2D eigenvalue weighted by molar-refractivity contribution is 7.76. The zero-order chi connectivity index (χ0) is 15.1. The number of hydrogen-bond acceptors (Lipinski definition) is 1. The zero-order valence-corrected chi connectivity index (χ0v) is 13.8. The van der Waals surface area contributed by atoms with E-state index >= 15 is 0 Å². The van der Waals surface area contributed by atoms with Gasteiger partial charge in [0, 0.05) is 45.8 Å². The van der Waals surface area contributed by atoms with Crippen LogP contribution in [0.3, 0.4) is 0 Å². The maximum Gasteiger partial charge on any atom is 0.268 e. The number of nitrogens with zero attached hydrogens (tertiary/aromatic N) is 1. The van der Waals surface area contributed by atoms with Crippen LogP contribution in [0.15, 0.2) is 12.1 Å². The van der Waals surface area contributed by atoms with E-state index in [1.165, 1.54) is 0 Å². The number of benzene rings is 1. The molecule has 0 aliphatic heterocycles. The van der Waals surface area contributed by atoms with Crippen molar-refractivity contribution in [2.24, 2.45) is 0 Å². The first kappa shape index (κ1) is 15.0. The second kappa shape index (κ2) is 4.86. The maximum atomic E-state index is 12.7. The van der Waals surface area contributed by atoms with Crippen molar-refractivity contribution in [2.45, 2.75) is 31.8 Å². The second-order valence-electron chi connectivity index (χ2n) is 6.56. The van der Waals surface area contributed by atoms with E-state index in [9.17, 15) is 4.79 Å². The van der Waals surface area contributed by atoms with E-state index in [0.29, 0.717) is 5.69 Å². The fraction of sp³-hybridized carbons (Fsp3) is 0.500. The van der Waals surface area contributed by atoms with Gasteiger partial charge in [-0.1, -0.05) is 12.1 Å². The summed E-state index contributed by atoms with van der Waals surface area (Å²) in [5.41, 5.74) is 3.43. The minimum absolute atomic E-state index is 0.121. The number of amides is 1. The van der Waals surface area contributed by atoms with Crippen LogP contribution in [0.25, 0.3) is 4.85 Å². The number of rotatable bonds is 3. The largest absolute Gasteiger partial charge is 0.322 e. The van der Waals surface area contributed by atoms with E-state index in [4.69, 9.17) is 6.57 Å². The molecule has 0 heterocycles. The summed E-state index contributed by atoms with van der Waals surface area (Å²) in [7, 11) is -1.21. The lowest BCUT2D eigenvalue weighted by Gasteiger charge is -2.24. The lowest BCUT2D eigenvalue weighted by Crippen LogP contribution is -2.32. The monoisotopic (exact) mass is 289 g/mol. The zero-order valence-electron chi connectivity index (χ0n) is 12.9. The highest BCUT2D eigenvalue weighted by Crippen LogP contribution is 2.71. The van der Waals surface area contributed by atoms with Crippen molar-refractivity contribution in [3.8, 4) is 0 Å². The Morgan fingerprint density at radius 2 is 1.75 bits per heavy atom. The number of carbonyl (C=O) groups is 1. The molecule has 1 N–H and O–H groups in total. The molecular formula is C16H22N2OP+. The Balaban J connectivity index is 2.28. The molecule has 0 atom stereocenters. The third-order valence-electron chi connectivity index (χ3n) is 4.32. The van der Waals surface area contributed by atoms with Crippen LogP contribution in [0, 0.1) is 20.4 Å². The van der Waals surface area contributed by atoms with E-state index in [1.807, 2.05) is 26.0 Å². The minimum atomic E-state index is -1.21. The number of aryl methyl sites for hydroxylation is 2. The Hall–Kier alpha value is -1.39. The average Bonchev–Trinajstić information content (AvgIpc) is 3.13. The third kappa shape index (κ3) is 2.45. The Morgan fingerprint density at radius 1 is 1.25 bits per heavy atom. The molecule has 20 heavy (non-hydrogen) atoms. The quantitative estimate of drug-likeness (QED) is 0.655. The van der Waals surface area contributed by atoms with Gasteiger partial charge in [0.25, 0.3) is 5.91 Å². The summed E-state index contributed by atoms with van der Waals surface area (Å²) < 4.78 is 0. The molecule has 0 saturated heterocycles. The standard InChI is InChI=1S/C16H21N2OP/c1-11-9-13(17-3)10-12(2)14(11)18-15(19)16(7-8-16)20(4,5)6/h9-10H,7-8H2,1-2,4-6H3/p+1. The van der Waals surface area contributed by atoms with Gasteiger partial charge in [-0.25, -0.2) is 4.85 Å². The Bertz CT molecular complexity index is 581. The van der Waals surface area contributed by atoms with Gasteiger partial charge in [-0.15, -0.1) is 0 Å². The molecule has 0 radical (unpaired) electrons. The second-order valence-corrected chi connectivity index (χ2v) is 11.4. The number of hydrogen-bond donors (Lipinski definition) is 1. The number of anilines is 1. The summed E-state index contributed by atoms with van der Waals surface area (Å²) in [4.78, 5) is 16.1. The molecule has 106 valence electrons. The van der Waals surface area contributed by atoms with E-state index in [1.54, 1.807) is 0 Å². The SMILES string of the molecule is [C-]#[N+]c1cc(C)c(NC(=O)C2([P+](C)(C)C)CC2)c(C)c1. The van der Waals surface area contributed by atoms with Crippen molar-refractivity contribution in [2.75, 3.05) is 25.3 Å². The molecule has 0 unspecified atom stereocenters. The van der Waals surface area contributed by atoms with Gasteiger partial charge in [-0.05, 0) is 25.0 Å². The van der Waals surface area contributed by atoms with Crippen LogP contribution >= 0.6 is 7.26 Å². The summed E-state index contributed by atoms with van der Waals surface area (Å²) >= 11 is 0. The molecule has 0 aromatic heterocycles. The normalized spacial score (nSPS) is 16.4. The molecule has 1 amide bonds. The number of nitrogens with one attached hydrogen (secondary N) is 1. The van der Waals surface area contributed by atoms with Crippen molar-refractivity contribution in [1.29, 1.82) is 0 Å². The maximum absolute atomic E-state index is 12.7. The van der Waals surface area contributed by atoms with Crippen molar-refractivity contribution >= 4 is 24.5 Å². The molecule has 1 aliphatic carbocycles. The first-order chi connectivity index (χ1) is 9.21. The predicted molar refractivity (Wildman–Crippen MR) is 87.5 cm³/mol. The smallest absolute Gasteiger partial charge is 0.268 e. The van der Waals surface area contributed by atoms with Gasteiger partial charge < -0.3 is 5.32 Å². The molecule has 1 saturated carbocycles. The Kier molecular flexibility index (Phi) is 3.65. The van der Waals surface area contributed by atoms with Crippen LogP contribution in [0.2, 0.25) is 0 Å². The fourth-order valence-corrected chi connectivity index (χ4v) is 4.87. The third-order valence-corrected chi connectivity index (χ3v) is 7.53. The molecule has 0 bridgehead atoms. The summed E-state index contributed by atoms with van der Waals surface area (Å²) in [6.07, 6.45) is 2.02. The Morgan fingerprint density at radius 3 is 2.10 bits per heavy atom. The van der Waals surface area contributed by atoms with E-state index in [0.717, 1.165) is 29.7 Å². The van der Waals surface area contributed by atoms with Gasteiger partial charge in [-0.3, -0.25) is 4.79 Å². The average molecular weight is 289 g/mol. The van der Waals surface area contributed by atoms with Gasteiger partial charge in [0.1, 0.15) is 0 Å². The fourth-order valence-electron chi connectivity index (χ4n) is 2.75. The van der Waals surface area contributed by atoms with E-state index < -0.39 is 7.26 Å². The van der Waals surface area contributed by atoms with Crippen molar-refractivity contribution in [3.05, 3.63) is 34.7 Å². The molecule has 1 fully saturated rings. The number of carbonyl (C=O) groups excluding carboxylic acids is 1. The van der Waals surface area contributed by atoms with Gasteiger partial charge in [0.05, 0.1) is 6.57 Å². The lowest BCUT2D eigenvalue weighted by molar-refractivity contribution is -0.116. The molecule has 1 aromatic carbocycles. The van der Waals surface area contributed by atoms with Crippen LogP contribution in [0.5, 0.6) is 0 Å². The predicted octanol–water partition coefficient (Wildman–Crippen LogP) is 4.23. The molecule has 0 spiro atoms. The van der Waals surface area contributed by atoms with Crippen LogP contribution < -0.4 is 5.32 Å². The van der Waals surface area contributed by atoms with E-state index in [-0.39, 0.29) is 11.1 Å². The summed E-state index contributed by atoms with van der Waals surface area (Å²) in [5.74, 6) is 0.167. The van der Waals surface area contributed by atoms with Crippen LogP contribution in [-0.2, 0) is 4.79 Å². The first-order valence-electron chi connectivity index (χ1n) is 6.83. The molecule has 1 aromatic rings. The first-order valence-corrected chi connectivity index (χ1v) is 9.96. The molecule has 3 nitrogen and oxygen atoms in total. The van der Waals surface area contributed by atoms with E-state index in [2.05, 4.69) is 30.2 Å². The van der Waals surface area contributed by atoms with Crippen molar-refractivity contribution in [1.82, 2.24) is 0 Å². The van der Waals surface area contributed by atoms with Crippen LogP contribution in [-0.4, -0.2) is 31.1 Å². The van der Waals surface area contributed by atoms with Gasteiger partial charge in [0.15, 0.2) is 10.8 Å². The molecule has 4 heteroatoms. The van der Waals surface area contributed by atoms with Gasteiger partial charge in [0.2, 0.25) is 0 Å². The van der Waals surface area contributed by atoms with Gasteiger partial charge in [-0.2, -0.15) is 0 Å². The summed E-state index contributed by atoms with van der Waals surface area (Å²) in [6.45, 7) is 17.7. The van der Waals surface area contributed by atoms with Crippen LogP contribution in [0.4, 0.5) is 11.4 Å². The lowest BCUT2D eigenvalue weighted by atomic mass is 10.1. The molecule has 1 aliphatic rings. The van der Waals surface area contributed by atoms with Crippen molar-refractivity contribution in [3.63, 3.8) is 0 Å². The molecule has 2 rings (SSSR count). The molecular weight excluding hydrogens is 267 g/mol. The topological polar surface area (TPSA) is 33.5 Å². The highest BCUT2D eigenvalue weighted by atomic mass is 31.2. The summed E-state index contributed by atoms with van der Waals surface area (Å²) in [5, 5.41) is 3.00. The minimum Gasteiger partial charge on any atom is -0.322 e. The Labute approximate surface area is 121 Å². The highest BCUT2D eigenvalue weighted by Gasteiger charge is 2.64.